The van der Waals surface area contributed by atoms with Crippen LogP contribution < -0.4 is 9.47 Å². The smallest absolute Gasteiger partial charge is 0.264 e. The summed E-state index contributed by atoms with van der Waals surface area (Å²) in [5, 5.41) is 9.89. The minimum Gasteiger partial charge on any atom is -0.484 e. The fourth-order valence-electron chi connectivity index (χ4n) is 3.39. The summed E-state index contributed by atoms with van der Waals surface area (Å²) in [5.41, 5.74) is 0.391. The molecule has 2 aromatic carbocycles. The number of hydrogen-bond acceptors (Lipinski definition) is 5. The van der Waals surface area contributed by atoms with Gasteiger partial charge in [0.25, 0.3) is 11.8 Å². The molecular weight excluding hydrogens is 430 g/mol. The molecule has 2 aromatic rings. The molecule has 1 saturated heterocycles. The molecule has 1 aliphatic rings. The average molecular weight is 456 g/mol. The number of nitriles is 1. The number of rotatable bonds is 7. The summed E-state index contributed by atoms with van der Waals surface area (Å²) in [5.74, 6) is 0.618. The van der Waals surface area contributed by atoms with E-state index < -0.39 is 6.10 Å². The van der Waals surface area contributed by atoms with Crippen LogP contribution in [0.5, 0.6) is 11.5 Å². The average Bonchev–Trinajstić information content (AvgIpc) is 2.81. The molecule has 0 N–H and O–H groups in total. The standard InChI is InChI=1S/C24H26ClN3O4/c1-17(2)23(32-21-6-4-3-5-18(21)15-26)24(30)28-13-11-27(12-14-28)22(29)16-31-20-9-7-19(25)8-10-20/h3-10,17,23H,11-14,16H2,1-2H3. The predicted molar refractivity (Wildman–Crippen MR) is 121 cm³/mol. The first-order chi connectivity index (χ1) is 15.4. The number of piperazine rings is 1. The molecule has 1 heterocycles. The summed E-state index contributed by atoms with van der Waals surface area (Å²) in [6.45, 7) is 5.42. The molecule has 0 spiro atoms. The van der Waals surface area contributed by atoms with Crippen molar-refractivity contribution in [3.05, 3.63) is 59.1 Å². The second-order valence-corrected chi connectivity index (χ2v) is 8.28. The van der Waals surface area contributed by atoms with Crippen molar-refractivity contribution in [3.8, 4) is 17.6 Å². The van der Waals surface area contributed by atoms with Crippen molar-refractivity contribution in [2.24, 2.45) is 5.92 Å². The maximum atomic E-state index is 13.1. The third-order valence-corrected chi connectivity index (χ3v) is 5.48. The molecule has 32 heavy (non-hydrogen) atoms. The first kappa shape index (κ1) is 23.4. The highest BCUT2D eigenvalue weighted by Gasteiger charge is 2.32. The summed E-state index contributed by atoms with van der Waals surface area (Å²) < 4.78 is 11.5. The second-order valence-electron chi connectivity index (χ2n) is 7.84. The van der Waals surface area contributed by atoms with Gasteiger partial charge in [0.05, 0.1) is 5.56 Å². The monoisotopic (exact) mass is 455 g/mol. The molecule has 1 atom stereocenters. The number of halogens is 1. The van der Waals surface area contributed by atoms with E-state index in [0.717, 1.165) is 0 Å². The molecule has 0 aliphatic carbocycles. The lowest BCUT2D eigenvalue weighted by atomic mass is 10.0. The van der Waals surface area contributed by atoms with Gasteiger partial charge < -0.3 is 19.3 Å². The van der Waals surface area contributed by atoms with Crippen molar-refractivity contribution >= 4 is 23.4 Å². The van der Waals surface area contributed by atoms with Crippen LogP contribution in [0.2, 0.25) is 5.02 Å². The van der Waals surface area contributed by atoms with Gasteiger partial charge >= 0.3 is 0 Å². The van der Waals surface area contributed by atoms with Crippen LogP contribution in [-0.4, -0.2) is 60.5 Å². The van der Waals surface area contributed by atoms with Crippen LogP contribution in [0.3, 0.4) is 0 Å². The molecular formula is C24H26ClN3O4. The van der Waals surface area contributed by atoms with Gasteiger partial charge in [-0.15, -0.1) is 0 Å². The number of benzene rings is 2. The summed E-state index contributed by atoms with van der Waals surface area (Å²) in [6, 6.07) is 15.8. The Hall–Kier alpha value is -3.24. The lowest BCUT2D eigenvalue weighted by Crippen LogP contribution is -2.55. The van der Waals surface area contributed by atoms with Crippen molar-refractivity contribution in [2.75, 3.05) is 32.8 Å². The van der Waals surface area contributed by atoms with E-state index >= 15 is 0 Å². The number of para-hydroxylation sites is 1. The van der Waals surface area contributed by atoms with Gasteiger partial charge in [-0.3, -0.25) is 9.59 Å². The van der Waals surface area contributed by atoms with E-state index in [2.05, 4.69) is 6.07 Å². The fraction of sp³-hybridized carbons (Fsp3) is 0.375. The van der Waals surface area contributed by atoms with Crippen LogP contribution in [-0.2, 0) is 9.59 Å². The minimum atomic E-state index is -0.708. The van der Waals surface area contributed by atoms with E-state index in [9.17, 15) is 14.9 Å². The van der Waals surface area contributed by atoms with Crippen molar-refractivity contribution < 1.29 is 19.1 Å². The molecule has 0 aromatic heterocycles. The van der Waals surface area contributed by atoms with Crippen LogP contribution in [0.4, 0.5) is 0 Å². The molecule has 1 fully saturated rings. The molecule has 0 radical (unpaired) electrons. The first-order valence-electron chi connectivity index (χ1n) is 10.5. The quantitative estimate of drug-likeness (QED) is 0.639. The lowest BCUT2D eigenvalue weighted by Gasteiger charge is -2.37. The fourth-order valence-corrected chi connectivity index (χ4v) is 3.52. The minimum absolute atomic E-state index is 0.0712. The van der Waals surface area contributed by atoms with E-state index in [-0.39, 0.29) is 24.3 Å². The van der Waals surface area contributed by atoms with Crippen molar-refractivity contribution in [1.82, 2.24) is 9.80 Å². The number of carbonyl (C=O) groups excluding carboxylic acids is 2. The third kappa shape index (κ3) is 5.92. The SMILES string of the molecule is CC(C)C(Oc1ccccc1C#N)C(=O)N1CCN(C(=O)COc2ccc(Cl)cc2)CC1. The van der Waals surface area contributed by atoms with Gasteiger partial charge in [0.15, 0.2) is 12.7 Å². The number of nitrogens with zero attached hydrogens (tertiary/aromatic N) is 3. The van der Waals surface area contributed by atoms with Gasteiger partial charge in [0.2, 0.25) is 0 Å². The Morgan fingerprint density at radius 2 is 1.66 bits per heavy atom. The maximum absolute atomic E-state index is 13.1. The molecule has 7 nitrogen and oxygen atoms in total. The van der Waals surface area contributed by atoms with Gasteiger partial charge in [-0.25, -0.2) is 0 Å². The Balaban J connectivity index is 1.54. The predicted octanol–water partition coefficient (Wildman–Crippen LogP) is 3.36. The molecule has 1 unspecified atom stereocenters. The highest BCUT2D eigenvalue weighted by atomic mass is 35.5. The molecule has 2 amide bonds. The Kier molecular flexibility index (Phi) is 7.96. The zero-order valence-electron chi connectivity index (χ0n) is 18.2. The van der Waals surface area contributed by atoms with Gasteiger partial charge in [-0.1, -0.05) is 37.6 Å². The lowest BCUT2D eigenvalue weighted by molar-refractivity contribution is -0.146. The number of amides is 2. The molecule has 168 valence electrons. The Labute approximate surface area is 193 Å². The Morgan fingerprint density at radius 3 is 2.28 bits per heavy atom. The summed E-state index contributed by atoms with van der Waals surface area (Å²) in [7, 11) is 0. The van der Waals surface area contributed by atoms with Gasteiger partial charge in [-0.05, 0) is 42.3 Å². The second kappa shape index (κ2) is 10.9. The zero-order valence-corrected chi connectivity index (χ0v) is 18.9. The topological polar surface area (TPSA) is 82.9 Å². The molecule has 8 heteroatoms. The van der Waals surface area contributed by atoms with E-state index in [4.69, 9.17) is 21.1 Å². The molecule has 0 saturated carbocycles. The highest BCUT2D eigenvalue weighted by Crippen LogP contribution is 2.22. The van der Waals surface area contributed by atoms with E-state index in [1.54, 1.807) is 58.3 Å². The van der Waals surface area contributed by atoms with Crippen LogP contribution in [0.1, 0.15) is 19.4 Å². The van der Waals surface area contributed by atoms with Gasteiger partial charge in [-0.2, -0.15) is 5.26 Å². The Morgan fingerprint density at radius 1 is 1.03 bits per heavy atom. The van der Waals surface area contributed by atoms with Gasteiger partial charge in [0.1, 0.15) is 17.6 Å². The number of carbonyl (C=O) groups is 2. The highest BCUT2D eigenvalue weighted by molar-refractivity contribution is 6.30. The van der Waals surface area contributed by atoms with Crippen LogP contribution in [0, 0.1) is 17.2 Å². The normalized spacial score (nSPS) is 14.6. The summed E-state index contributed by atoms with van der Waals surface area (Å²) in [4.78, 5) is 29.0. The summed E-state index contributed by atoms with van der Waals surface area (Å²) in [6.07, 6.45) is -0.708. The van der Waals surface area contributed by atoms with Crippen LogP contribution in [0.25, 0.3) is 0 Å². The first-order valence-corrected chi connectivity index (χ1v) is 10.9. The van der Waals surface area contributed by atoms with Crippen LogP contribution >= 0.6 is 11.6 Å². The third-order valence-electron chi connectivity index (χ3n) is 5.23. The van der Waals surface area contributed by atoms with Crippen molar-refractivity contribution in [2.45, 2.75) is 20.0 Å². The van der Waals surface area contributed by atoms with E-state index in [1.165, 1.54) is 0 Å². The number of hydrogen-bond donors (Lipinski definition) is 0. The van der Waals surface area contributed by atoms with Crippen molar-refractivity contribution in [1.29, 1.82) is 5.26 Å². The van der Waals surface area contributed by atoms with E-state index in [0.29, 0.717) is 48.3 Å². The van der Waals surface area contributed by atoms with Gasteiger partial charge in [0, 0.05) is 31.2 Å². The summed E-state index contributed by atoms with van der Waals surface area (Å²) >= 11 is 5.85. The molecule has 0 bridgehead atoms. The van der Waals surface area contributed by atoms with Crippen molar-refractivity contribution in [3.63, 3.8) is 0 Å². The zero-order chi connectivity index (χ0) is 23.1. The number of ether oxygens (including phenoxy) is 2. The van der Waals surface area contributed by atoms with E-state index in [1.807, 2.05) is 13.8 Å². The maximum Gasteiger partial charge on any atom is 0.264 e. The molecule has 3 rings (SSSR count). The Bertz CT molecular complexity index is 979. The van der Waals surface area contributed by atoms with Crippen LogP contribution in [0.15, 0.2) is 48.5 Å². The molecule has 1 aliphatic heterocycles. The largest absolute Gasteiger partial charge is 0.484 e.